The van der Waals surface area contributed by atoms with E-state index in [1.54, 1.807) is 0 Å². The van der Waals surface area contributed by atoms with Crippen molar-refractivity contribution in [1.82, 2.24) is 0 Å². The first-order valence-corrected chi connectivity index (χ1v) is 5.80. The SMILES string of the molecule is CC(C)(C#N)CCOc1ccc(C(=O)O)cc1Cl. The number of rotatable bonds is 5. The van der Waals surface area contributed by atoms with Gasteiger partial charge in [-0.1, -0.05) is 11.6 Å². The van der Waals surface area contributed by atoms with Crippen LogP contribution in [-0.2, 0) is 0 Å². The van der Waals surface area contributed by atoms with Crippen LogP contribution in [0.1, 0.15) is 30.6 Å². The maximum atomic E-state index is 10.7. The zero-order valence-electron chi connectivity index (χ0n) is 10.2. The monoisotopic (exact) mass is 267 g/mol. The standard InChI is InChI=1S/C13H14ClNO3/c1-13(2,8-15)5-6-18-11-4-3-9(12(16)17)7-10(11)14/h3-4,7H,5-6H2,1-2H3,(H,16,17). The number of carbonyl (C=O) groups is 1. The van der Waals surface area contributed by atoms with Gasteiger partial charge in [0, 0.05) is 0 Å². The molecule has 0 saturated heterocycles. The number of aromatic carboxylic acids is 1. The second kappa shape index (κ2) is 5.74. The third kappa shape index (κ3) is 3.94. The average molecular weight is 268 g/mol. The van der Waals surface area contributed by atoms with E-state index in [0.29, 0.717) is 18.8 Å². The molecule has 0 aromatic heterocycles. The summed E-state index contributed by atoms with van der Waals surface area (Å²) in [5.41, 5.74) is -0.335. The van der Waals surface area contributed by atoms with Crippen LogP contribution < -0.4 is 4.74 Å². The van der Waals surface area contributed by atoms with Gasteiger partial charge in [-0.25, -0.2) is 4.79 Å². The normalized spacial score (nSPS) is 10.8. The van der Waals surface area contributed by atoms with Gasteiger partial charge < -0.3 is 9.84 Å². The van der Waals surface area contributed by atoms with E-state index in [0.717, 1.165) is 0 Å². The summed E-state index contributed by atoms with van der Waals surface area (Å²) in [4.78, 5) is 10.7. The van der Waals surface area contributed by atoms with E-state index in [4.69, 9.17) is 26.7 Å². The van der Waals surface area contributed by atoms with Crippen molar-refractivity contribution < 1.29 is 14.6 Å². The molecule has 1 aromatic rings. The fraction of sp³-hybridized carbons (Fsp3) is 0.385. The number of ether oxygens (including phenoxy) is 1. The Morgan fingerprint density at radius 3 is 2.72 bits per heavy atom. The molecular formula is C13H14ClNO3. The molecule has 0 amide bonds. The average Bonchev–Trinajstić information content (AvgIpc) is 2.31. The van der Waals surface area contributed by atoms with Crippen LogP contribution in [0.3, 0.4) is 0 Å². The van der Waals surface area contributed by atoms with E-state index in [9.17, 15) is 4.79 Å². The number of halogens is 1. The Balaban J connectivity index is 2.65. The van der Waals surface area contributed by atoms with E-state index < -0.39 is 11.4 Å². The molecule has 5 heteroatoms. The molecular weight excluding hydrogens is 254 g/mol. The van der Waals surface area contributed by atoms with E-state index in [2.05, 4.69) is 6.07 Å². The Bertz CT molecular complexity index is 491. The number of carboxylic acid groups (broad SMARTS) is 1. The van der Waals surface area contributed by atoms with Crippen LogP contribution in [0.25, 0.3) is 0 Å². The van der Waals surface area contributed by atoms with Crippen LogP contribution in [0.5, 0.6) is 5.75 Å². The highest BCUT2D eigenvalue weighted by Gasteiger charge is 2.17. The van der Waals surface area contributed by atoms with Crippen LogP contribution in [0.15, 0.2) is 18.2 Å². The van der Waals surface area contributed by atoms with Gasteiger partial charge in [0.2, 0.25) is 0 Å². The fourth-order valence-corrected chi connectivity index (χ4v) is 1.46. The van der Waals surface area contributed by atoms with Gasteiger partial charge in [0.1, 0.15) is 5.75 Å². The van der Waals surface area contributed by atoms with Gasteiger partial charge in [0.25, 0.3) is 0 Å². The first kappa shape index (κ1) is 14.3. The molecule has 0 aliphatic rings. The molecule has 0 radical (unpaired) electrons. The highest BCUT2D eigenvalue weighted by atomic mass is 35.5. The Morgan fingerprint density at radius 1 is 1.56 bits per heavy atom. The van der Waals surface area contributed by atoms with Crippen molar-refractivity contribution in [3.8, 4) is 11.8 Å². The lowest BCUT2D eigenvalue weighted by Crippen LogP contribution is -2.13. The second-order valence-electron chi connectivity index (χ2n) is 4.54. The summed E-state index contributed by atoms with van der Waals surface area (Å²) in [5, 5.41) is 17.9. The number of carboxylic acids is 1. The summed E-state index contributed by atoms with van der Waals surface area (Å²) in [6.07, 6.45) is 0.570. The second-order valence-corrected chi connectivity index (χ2v) is 4.95. The number of nitrogens with zero attached hydrogens (tertiary/aromatic N) is 1. The van der Waals surface area contributed by atoms with Crippen molar-refractivity contribution in [3.63, 3.8) is 0 Å². The minimum Gasteiger partial charge on any atom is -0.492 e. The number of hydrogen-bond donors (Lipinski definition) is 1. The number of benzene rings is 1. The van der Waals surface area contributed by atoms with Crippen LogP contribution in [0.4, 0.5) is 0 Å². The summed E-state index contributed by atoms with van der Waals surface area (Å²) < 4.78 is 5.43. The summed E-state index contributed by atoms with van der Waals surface area (Å²) in [6.45, 7) is 4.00. The molecule has 1 N–H and O–H groups in total. The van der Waals surface area contributed by atoms with Crippen LogP contribution in [0, 0.1) is 16.7 Å². The predicted octanol–water partition coefficient (Wildman–Crippen LogP) is 3.36. The molecule has 0 unspecified atom stereocenters. The molecule has 96 valence electrons. The predicted molar refractivity (Wildman–Crippen MR) is 67.9 cm³/mol. The summed E-state index contributed by atoms with van der Waals surface area (Å²) in [5.74, 6) is -0.607. The third-order valence-electron chi connectivity index (χ3n) is 2.47. The Morgan fingerprint density at radius 2 is 2.22 bits per heavy atom. The Kier molecular flexibility index (Phi) is 4.57. The highest BCUT2D eigenvalue weighted by molar-refractivity contribution is 6.32. The maximum absolute atomic E-state index is 10.7. The smallest absolute Gasteiger partial charge is 0.335 e. The van der Waals surface area contributed by atoms with E-state index in [-0.39, 0.29) is 10.6 Å². The minimum atomic E-state index is -1.03. The molecule has 0 heterocycles. The molecule has 0 bridgehead atoms. The largest absolute Gasteiger partial charge is 0.492 e. The van der Waals surface area contributed by atoms with E-state index >= 15 is 0 Å². The minimum absolute atomic E-state index is 0.115. The van der Waals surface area contributed by atoms with Crippen LogP contribution >= 0.6 is 11.6 Å². The zero-order chi connectivity index (χ0) is 13.8. The first-order valence-electron chi connectivity index (χ1n) is 5.42. The summed E-state index contributed by atoms with van der Waals surface area (Å²) in [7, 11) is 0. The molecule has 0 aliphatic heterocycles. The lowest BCUT2D eigenvalue weighted by Gasteiger charge is -2.15. The van der Waals surface area contributed by atoms with Gasteiger partial charge in [-0.05, 0) is 38.5 Å². The van der Waals surface area contributed by atoms with Gasteiger partial charge in [-0.15, -0.1) is 0 Å². The van der Waals surface area contributed by atoms with Gasteiger partial charge >= 0.3 is 5.97 Å². The quantitative estimate of drug-likeness (QED) is 0.888. The first-order chi connectivity index (χ1) is 8.35. The molecule has 0 spiro atoms. The molecule has 1 rings (SSSR count). The lowest BCUT2D eigenvalue weighted by atomic mass is 9.92. The number of nitriles is 1. The topological polar surface area (TPSA) is 70.3 Å². The van der Waals surface area contributed by atoms with Gasteiger partial charge in [0.05, 0.1) is 28.7 Å². The van der Waals surface area contributed by atoms with Gasteiger partial charge in [-0.2, -0.15) is 5.26 Å². The van der Waals surface area contributed by atoms with Crippen molar-refractivity contribution in [2.75, 3.05) is 6.61 Å². The Labute approximate surface area is 111 Å². The van der Waals surface area contributed by atoms with Gasteiger partial charge in [-0.3, -0.25) is 0 Å². The molecule has 1 aromatic carbocycles. The highest BCUT2D eigenvalue weighted by Crippen LogP contribution is 2.27. The molecule has 0 aliphatic carbocycles. The van der Waals surface area contributed by atoms with Gasteiger partial charge in [0.15, 0.2) is 0 Å². The molecule has 0 saturated carbocycles. The molecule has 4 nitrogen and oxygen atoms in total. The van der Waals surface area contributed by atoms with Crippen molar-refractivity contribution in [1.29, 1.82) is 5.26 Å². The van der Waals surface area contributed by atoms with Crippen LogP contribution in [0.2, 0.25) is 5.02 Å². The molecule has 18 heavy (non-hydrogen) atoms. The van der Waals surface area contributed by atoms with Crippen molar-refractivity contribution in [2.45, 2.75) is 20.3 Å². The van der Waals surface area contributed by atoms with Crippen molar-refractivity contribution >= 4 is 17.6 Å². The van der Waals surface area contributed by atoms with Crippen molar-refractivity contribution in [3.05, 3.63) is 28.8 Å². The summed E-state index contributed by atoms with van der Waals surface area (Å²) >= 11 is 5.90. The van der Waals surface area contributed by atoms with Crippen molar-refractivity contribution in [2.24, 2.45) is 5.41 Å². The zero-order valence-corrected chi connectivity index (χ0v) is 11.0. The third-order valence-corrected chi connectivity index (χ3v) is 2.76. The molecule has 0 fully saturated rings. The maximum Gasteiger partial charge on any atom is 0.335 e. The summed E-state index contributed by atoms with van der Waals surface area (Å²) in [6, 6.07) is 6.47. The van der Waals surface area contributed by atoms with E-state index in [1.165, 1.54) is 18.2 Å². The lowest BCUT2D eigenvalue weighted by molar-refractivity contribution is 0.0697. The molecule has 0 atom stereocenters. The van der Waals surface area contributed by atoms with E-state index in [1.807, 2.05) is 13.8 Å². The number of hydrogen-bond acceptors (Lipinski definition) is 3. The fourth-order valence-electron chi connectivity index (χ4n) is 1.22. The Hall–Kier alpha value is -1.73. The van der Waals surface area contributed by atoms with Crippen LogP contribution in [-0.4, -0.2) is 17.7 Å².